The van der Waals surface area contributed by atoms with E-state index in [1.54, 1.807) is 27.9 Å². The van der Waals surface area contributed by atoms with E-state index in [-0.39, 0.29) is 43.6 Å². The maximum Gasteiger partial charge on any atom is 0.311 e. The van der Waals surface area contributed by atoms with Crippen molar-refractivity contribution in [2.24, 2.45) is 23.7 Å². The third-order valence-corrected chi connectivity index (χ3v) is 11.2. The van der Waals surface area contributed by atoms with Crippen molar-refractivity contribution in [3.05, 3.63) is 0 Å². The summed E-state index contributed by atoms with van der Waals surface area (Å²) >= 11 is 0. The minimum absolute atomic E-state index is 0.0127. The number of methoxy groups -OCH3 is 1. The second-order valence-electron chi connectivity index (χ2n) is 15.0. The van der Waals surface area contributed by atoms with E-state index < -0.39 is 84.1 Å². The van der Waals surface area contributed by atoms with E-state index in [4.69, 9.17) is 33.2 Å². The zero-order valence-corrected chi connectivity index (χ0v) is 30.8. The first-order valence-corrected chi connectivity index (χ1v) is 17.6. The van der Waals surface area contributed by atoms with Gasteiger partial charge in [-0.15, -0.1) is 0 Å². The highest BCUT2D eigenvalue weighted by atomic mass is 16.7. The van der Waals surface area contributed by atoms with Crippen LogP contribution in [-0.2, 0) is 38.0 Å². The van der Waals surface area contributed by atoms with E-state index in [1.807, 2.05) is 48.6 Å². The lowest BCUT2D eigenvalue weighted by molar-refractivity contribution is -0.304. The standard InChI is InChI=1S/C35H65NO11/c1-13-26-35(10,40)31(37)18(2)17-42-23(7)20(4)29(46-27-15-25(36-11)14-19(3)43-27)21(5)30(22(6)33(39)45-26)47-28-16-34(9,41-12)32(38)24(8)44-28/h18-32,36-38,40H,13-17H2,1-12H3/t18-,19+,20-,21+,22+,23?,24-,25-,26+,27-,28-,29-,30-,31+,32-,34+,35+/m0/s1. The molecule has 3 heterocycles. The molecule has 0 aromatic heterocycles. The Bertz CT molecular complexity index is 985. The van der Waals surface area contributed by atoms with Crippen LogP contribution in [0.2, 0.25) is 0 Å². The summed E-state index contributed by atoms with van der Waals surface area (Å²) in [6.07, 6.45) is -4.57. The number of carbonyl (C=O) groups is 1. The normalized spacial score (nSPS) is 49.6. The Labute approximate surface area is 282 Å². The van der Waals surface area contributed by atoms with Crippen molar-refractivity contribution in [3.63, 3.8) is 0 Å². The molecule has 0 aliphatic carbocycles. The van der Waals surface area contributed by atoms with Crippen LogP contribution in [0, 0.1) is 23.7 Å². The van der Waals surface area contributed by atoms with Gasteiger partial charge in [-0.05, 0) is 61.4 Å². The van der Waals surface area contributed by atoms with E-state index in [2.05, 4.69) is 5.32 Å². The molecule has 0 bridgehead atoms. The van der Waals surface area contributed by atoms with Gasteiger partial charge in [-0.3, -0.25) is 4.79 Å². The Hall–Kier alpha value is -0.930. The number of ether oxygens (including phenoxy) is 7. The van der Waals surface area contributed by atoms with Gasteiger partial charge in [0, 0.05) is 43.7 Å². The second kappa shape index (κ2) is 16.9. The average molecular weight is 676 g/mol. The summed E-state index contributed by atoms with van der Waals surface area (Å²) in [7, 11) is 3.48. The Morgan fingerprint density at radius 2 is 1.53 bits per heavy atom. The molecule has 3 aliphatic heterocycles. The molecular formula is C35H65NO11. The molecule has 47 heavy (non-hydrogen) atoms. The molecule has 12 nitrogen and oxygen atoms in total. The van der Waals surface area contributed by atoms with Crippen LogP contribution in [0.25, 0.3) is 0 Å². The summed E-state index contributed by atoms with van der Waals surface area (Å²) in [6, 6.07) is 0.221. The summed E-state index contributed by atoms with van der Waals surface area (Å²) in [6.45, 7) is 18.6. The maximum atomic E-state index is 14.0. The maximum absolute atomic E-state index is 14.0. The first-order chi connectivity index (χ1) is 21.9. The monoisotopic (exact) mass is 675 g/mol. The fraction of sp³-hybridized carbons (Fsp3) is 0.971. The third-order valence-electron chi connectivity index (χ3n) is 11.2. The highest BCUT2D eigenvalue weighted by Crippen LogP contribution is 2.38. The lowest BCUT2D eigenvalue weighted by atomic mass is 9.81. The fourth-order valence-electron chi connectivity index (χ4n) is 7.56. The smallest absolute Gasteiger partial charge is 0.311 e. The topological polar surface area (TPSA) is 154 Å². The Kier molecular flexibility index (Phi) is 14.5. The second-order valence-corrected chi connectivity index (χ2v) is 15.0. The molecule has 3 fully saturated rings. The molecular weight excluding hydrogens is 610 g/mol. The molecule has 0 aromatic carbocycles. The number of hydrogen-bond donors (Lipinski definition) is 4. The van der Waals surface area contributed by atoms with Crippen LogP contribution >= 0.6 is 0 Å². The molecule has 0 spiro atoms. The van der Waals surface area contributed by atoms with E-state index in [0.29, 0.717) is 6.42 Å². The number of rotatable bonds is 7. The molecule has 3 rings (SSSR count). The number of esters is 1. The summed E-state index contributed by atoms with van der Waals surface area (Å²) in [5.41, 5.74) is -2.66. The molecule has 0 saturated carbocycles. The van der Waals surface area contributed by atoms with Gasteiger partial charge < -0.3 is 53.8 Å². The predicted octanol–water partition coefficient (Wildman–Crippen LogP) is 3.17. The molecule has 17 atom stereocenters. The summed E-state index contributed by atoms with van der Waals surface area (Å²) in [5, 5.41) is 37.0. The lowest BCUT2D eigenvalue weighted by Crippen LogP contribution is -2.58. The Morgan fingerprint density at radius 1 is 0.894 bits per heavy atom. The van der Waals surface area contributed by atoms with Gasteiger partial charge in [0.15, 0.2) is 12.6 Å². The largest absolute Gasteiger partial charge is 0.459 e. The van der Waals surface area contributed by atoms with Gasteiger partial charge >= 0.3 is 5.97 Å². The van der Waals surface area contributed by atoms with Crippen molar-refractivity contribution in [3.8, 4) is 0 Å². The molecule has 4 N–H and O–H groups in total. The van der Waals surface area contributed by atoms with Crippen molar-refractivity contribution in [2.75, 3.05) is 20.8 Å². The van der Waals surface area contributed by atoms with Crippen molar-refractivity contribution < 1.29 is 53.3 Å². The van der Waals surface area contributed by atoms with Crippen LogP contribution in [0.1, 0.15) is 94.9 Å². The molecule has 0 amide bonds. The third kappa shape index (κ3) is 9.45. The van der Waals surface area contributed by atoms with Crippen LogP contribution in [0.3, 0.4) is 0 Å². The first kappa shape index (κ1) is 40.5. The number of aliphatic hydroxyl groups is 3. The molecule has 3 saturated heterocycles. The average Bonchev–Trinajstić information content (AvgIpc) is 3.03. The molecule has 0 radical (unpaired) electrons. The van der Waals surface area contributed by atoms with Crippen LogP contribution in [-0.4, -0.2) is 121 Å². The van der Waals surface area contributed by atoms with E-state index in [1.165, 1.54) is 6.92 Å². The summed E-state index contributed by atoms with van der Waals surface area (Å²) < 4.78 is 44.1. The van der Waals surface area contributed by atoms with Crippen LogP contribution in [0.5, 0.6) is 0 Å². The highest BCUT2D eigenvalue weighted by molar-refractivity contribution is 5.73. The van der Waals surface area contributed by atoms with Crippen LogP contribution in [0.15, 0.2) is 0 Å². The van der Waals surface area contributed by atoms with E-state index >= 15 is 0 Å². The van der Waals surface area contributed by atoms with Crippen molar-refractivity contribution in [2.45, 2.75) is 174 Å². The van der Waals surface area contributed by atoms with E-state index in [9.17, 15) is 20.1 Å². The van der Waals surface area contributed by atoms with Gasteiger partial charge in [0.1, 0.15) is 17.8 Å². The molecule has 1 unspecified atom stereocenters. The number of cyclic esters (lactones) is 1. The lowest BCUT2D eigenvalue weighted by Gasteiger charge is -2.47. The fourth-order valence-corrected chi connectivity index (χ4v) is 7.56. The molecule has 0 aromatic rings. The summed E-state index contributed by atoms with van der Waals surface area (Å²) in [5.74, 6) is -2.47. The van der Waals surface area contributed by atoms with Crippen molar-refractivity contribution in [1.29, 1.82) is 0 Å². The van der Waals surface area contributed by atoms with Crippen molar-refractivity contribution >= 4 is 5.97 Å². The molecule has 3 aliphatic rings. The quantitative estimate of drug-likeness (QED) is 0.293. The Morgan fingerprint density at radius 3 is 2.13 bits per heavy atom. The SMILES string of the molecule is CC[C@H]1OC(=O)[C@H](C)[C@@H](O[C@H]2C[C@@](C)(OC)[C@@H](O)[C@H](C)O2)[C@H](C)[C@@H](O[C@H]2C[C@@H](NC)C[C@@H](C)O2)[C@@H](C)C(C)OC[C@H](C)[C@@H](O)[C@]1(C)O. The van der Waals surface area contributed by atoms with Gasteiger partial charge in [-0.1, -0.05) is 27.7 Å². The van der Waals surface area contributed by atoms with Gasteiger partial charge in [0.2, 0.25) is 0 Å². The van der Waals surface area contributed by atoms with Gasteiger partial charge in [0.25, 0.3) is 0 Å². The summed E-state index contributed by atoms with van der Waals surface area (Å²) in [4.78, 5) is 14.0. The van der Waals surface area contributed by atoms with Gasteiger partial charge in [0.05, 0.1) is 54.7 Å². The van der Waals surface area contributed by atoms with Crippen molar-refractivity contribution in [1.82, 2.24) is 5.32 Å². The Balaban J connectivity index is 2.06. The zero-order valence-electron chi connectivity index (χ0n) is 30.8. The van der Waals surface area contributed by atoms with Crippen LogP contribution in [0.4, 0.5) is 0 Å². The highest BCUT2D eigenvalue weighted by Gasteiger charge is 2.50. The zero-order chi connectivity index (χ0) is 35.4. The number of hydrogen-bond acceptors (Lipinski definition) is 12. The molecule has 12 heteroatoms. The first-order valence-electron chi connectivity index (χ1n) is 17.6. The number of nitrogens with one attached hydrogen (secondary N) is 1. The van der Waals surface area contributed by atoms with Gasteiger partial charge in [-0.2, -0.15) is 0 Å². The van der Waals surface area contributed by atoms with E-state index in [0.717, 1.165) is 6.42 Å². The minimum atomic E-state index is -1.73. The minimum Gasteiger partial charge on any atom is -0.459 e. The molecule has 276 valence electrons. The number of carbonyl (C=O) groups excluding carboxylic acids is 1. The van der Waals surface area contributed by atoms with Crippen LogP contribution < -0.4 is 5.32 Å². The van der Waals surface area contributed by atoms with Gasteiger partial charge in [-0.25, -0.2) is 0 Å². The number of aliphatic hydroxyl groups excluding tert-OH is 2. The predicted molar refractivity (Wildman–Crippen MR) is 175 cm³/mol.